The third-order valence-electron chi connectivity index (χ3n) is 5.80. The molecule has 0 aliphatic carbocycles. The van der Waals surface area contributed by atoms with Gasteiger partial charge in [0.05, 0.1) is 6.04 Å². The Morgan fingerprint density at radius 3 is 2.62 bits per heavy atom. The van der Waals surface area contributed by atoms with Gasteiger partial charge in [0.25, 0.3) is 5.91 Å². The topological polar surface area (TPSA) is 84.7 Å². The van der Waals surface area contributed by atoms with Crippen LogP contribution in [-0.2, 0) is 17.8 Å². The van der Waals surface area contributed by atoms with E-state index in [0.717, 1.165) is 17.5 Å². The van der Waals surface area contributed by atoms with Gasteiger partial charge in [0.2, 0.25) is 11.8 Å². The van der Waals surface area contributed by atoms with Gasteiger partial charge < -0.3 is 19.4 Å². The Morgan fingerprint density at radius 1 is 1.15 bits per heavy atom. The maximum atomic E-state index is 13.1. The standard InChI is InChI=1S/C27H31N3O4/c1-17(2)27(32)30-13-12-19-10-11-21(14-22(19)25(30)20-8-6-5-7-9-20)33-16-24-29-23(15-34-24)26(31)28-18(3)4/h5-11,14-15,17-18,25H,12-13,16H2,1-4H3,(H,28,31). The smallest absolute Gasteiger partial charge is 0.273 e. The van der Waals surface area contributed by atoms with Crippen molar-refractivity contribution < 1.29 is 18.7 Å². The van der Waals surface area contributed by atoms with Crippen LogP contribution < -0.4 is 10.1 Å². The Labute approximate surface area is 200 Å². The number of aromatic nitrogens is 1. The van der Waals surface area contributed by atoms with Crippen LogP contribution in [0.15, 0.2) is 59.2 Å². The van der Waals surface area contributed by atoms with Gasteiger partial charge in [0, 0.05) is 18.5 Å². The predicted molar refractivity (Wildman–Crippen MR) is 128 cm³/mol. The lowest BCUT2D eigenvalue weighted by atomic mass is 9.87. The number of hydrogen-bond acceptors (Lipinski definition) is 5. The molecular formula is C27H31N3O4. The van der Waals surface area contributed by atoms with E-state index in [1.165, 1.54) is 11.8 Å². The zero-order valence-electron chi connectivity index (χ0n) is 20.1. The molecule has 4 rings (SSSR count). The number of amides is 2. The first kappa shape index (κ1) is 23.5. The second-order valence-corrected chi connectivity index (χ2v) is 9.15. The maximum absolute atomic E-state index is 13.1. The quantitative estimate of drug-likeness (QED) is 0.559. The van der Waals surface area contributed by atoms with Crippen molar-refractivity contribution in [1.82, 2.24) is 15.2 Å². The Morgan fingerprint density at radius 2 is 1.91 bits per heavy atom. The number of carbonyl (C=O) groups excluding carboxylic acids is 2. The lowest BCUT2D eigenvalue weighted by molar-refractivity contribution is -0.136. The van der Waals surface area contributed by atoms with E-state index in [-0.39, 0.29) is 42.1 Å². The maximum Gasteiger partial charge on any atom is 0.273 e. The van der Waals surface area contributed by atoms with E-state index in [4.69, 9.17) is 9.15 Å². The Hall–Kier alpha value is -3.61. The van der Waals surface area contributed by atoms with Crippen LogP contribution in [0.4, 0.5) is 0 Å². The van der Waals surface area contributed by atoms with Crippen LogP contribution in [0.25, 0.3) is 0 Å². The highest BCUT2D eigenvalue weighted by Crippen LogP contribution is 2.38. The third kappa shape index (κ3) is 5.14. The molecular weight excluding hydrogens is 430 g/mol. The summed E-state index contributed by atoms with van der Waals surface area (Å²) < 4.78 is 11.4. The van der Waals surface area contributed by atoms with Gasteiger partial charge in [0.1, 0.15) is 12.0 Å². The first-order chi connectivity index (χ1) is 16.3. The fourth-order valence-electron chi connectivity index (χ4n) is 4.21. The lowest BCUT2D eigenvalue weighted by Gasteiger charge is -2.39. The summed E-state index contributed by atoms with van der Waals surface area (Å²) in [7, 11) is 0. The second kappa shape index (κ2) is 10.1. The first-order valence-electron chi connectivity index (χ1n) is 11.7. The molecule has 1 aliphatic rings. The van der Waals surface area contributed by atoms with Crippen LogP contribution in [0.3, 0.4) is 0 Å². The number of ether oxygens (including phenoxy) is 1. The third-order valence-corrected chi connectivity index (χ3v) is 5.80. The molecule has 2 heterocycles. The average molecular weight is 462 g/mol. The summed E-state index contributed by atoms with van der Waals surface area (Å²) in [6.07, 6.45) is 2.13. The zero-order chi connectivity index (χ0) is 24.2. The molecule has 0 saturated heterocycles. The number of rotatable bonds is 7. The summed E-state index contributed by atoms with van der Waals surface area (Å²) in [6, 6.07) is 15.9. The minimum absolute atomic E-state index is 0.0131. The van der Waals surface area contributed by atoms with E-state index < -0.39 is 0 Å². The van der Waals surface area contributed by atoms with Gasteiger partial charge >= 0.3 is 0 Å². The molecule has 3 aromatic rings. The van der Waals surface area contributed by atoms with Crippen molar-refractivity contribution >= 4 is 11.8 Å². The Bertz CT molecular complexity index is 1150. The van der Waals surface area contributed by atoms with E-state index in [2.05, 4.69) is 28.5 Å². The van der Waals surface area contributed by atoms with Gasteiger partial charge in [-0.05, 0) is 49.1 Å². The van der Waals surface area contributed by atoms with E-state index in [0.29, 0.717) is 18.2 Å². The van der Waals surface area contributed by atoms with Crippen molar-refractivity contribution in [3.8, 4) is 5.75 Å². The van der Waals surface area contributed by atoms with Crippen LogP contribution in [0, 0.1) is 5.92 Å². The van der Waals surface area contributed by atoms with Crippen LogP contribution in [0.2, 0.25) is 0 Å². The highest BCUT2D eigenvalue weighted by Gasteiger charge is 2.33. The molecule has 0 spiro atoms. The van der Waals surface area contributed by atoms with E-state index >= 15 is 0 Å². The van der Waals surface area contributed by atoms with Gasteiger partial charge in [-0.1, -0.05) is 50.2 Å². The van der Waals surface area contributed by atoms with Gasteiger partial charge in [0.15, 0.2) is 12.3 Å². The van der Waals surface area contributed by atoms with E-state index in [9.17, 15) is 9.59 Å². The molecule has 34 heavy (non-hydrogen) atoms. The van der Waals surface area contributed by atoms with Crippen molar-refractivity contribution in [2.45, 2.75) is 52.8 Å². The van der Waals surface area contributed by atoms with Crippen molar-refractivity contribution in [2.75, 3.05) is 6.54 Å². The van der Waals surface area contributed by atoms with Crippen molar-refractivity contribution in [1.29, 1.82) is 0 Å². The molecule has 1 atom stereocenters. The van der Waals surface area contributed by atoms with E-state index in [1.54, 1.807) is 0 Å². The number of carbonyl (C=O) groups is 2. The molecule has 178 valence electrons. The molecule has 7 heteroatoms. The van der Waals surface area contributed by atoms with Gasteiger partial charge in [-0.25, -0.2) is 4.98 Å². The average Bonchev–Trinajstić information content (AvgIpc) is 3.31. The summed E-state index contributed by atoms with van der Waals surface area (Å²) in [5.74, 6) is 0.754. The molecule has 0 saturated carbocycles. The molecule has 2 aromatic carbocycles. The zero-order valence-corrected chi connectivity index (χ0v) is 20.1. The predicted octanol–water partition coefficient (Wildman–Crippen LogP) is 4.52. The second-order valence-electron chi connectivity index (χ2n) is 9.15. The number of nitrogens with one attached hydrogen (secondary N) is 1. The molecule has 1 aliphatic heterocycles. The normalized spacial score (nSPS) is 15.4. The summed E-state index contributed by atoms with van der Waals surface area (Å²) in [5.41, 5.74) is 3.57. The van der Waals surface area contributed by atoms with E-state index in [1.807, 2.05) is 62.9 Å². The summed E-state index contributed by atoms with van der Waals surface area (Å²) in [5, 5.41) is 2.79. The number of hydrogen-bond donors (Lipinski definition) is 1. The summed E-state index contributed by atoms with van der Waals surface area (Å²) in [4.78, 5) is 31.4. The van der Waals surface area contributed by atoms with Crippen LogP contribution in [0.5, 0.6) is 5.75 Å². The molecule has 1 N–H and O–H groups in total. The molecule has 0 bridgehead atoms. The van der Waals surface area contributed by atoms with Crippen molar-refractivity contribution in [3.63, 3.8) is 0 Å². The Balaban J connectivity index is 1.57. The molecule has 0 radical (unpaired) electrons. The Kier molecular flexibility index (Phi) is 7.01. The SMILES string of the molecule is CC(C)NC(=O)c1coc(COc2ccc3c(c2)C(c2ccccc2)N(C(=O)C(C)C)CC3)n1. The number of oxazole rings is 1. The van der Waals surface area contributed by atoms with Gasteiger partial charge in [-0.2, -0.15) is 0 Å². The van der Waals surface area contributed by atoms with Crippen LogP contribution in [-0.4, -0.2) is 34.3 Å². The monoisotopic (exact) mass is 461 g/mol. The fourth-order valence-corrected chi connectivity index (χ4v) is 4.21. The first-order valence-corrected chi connectivity index (χ1v) is 11.7. The molecule has 2 amide bonds. The van der Waals surface area contributed by atoms with Crippen molar-refractivity contribution in [3.05, 3.63) is 83.1 Å². The largest absolute Gasteiger partial charge is 0.484 e. The highest BCUT2D eigenvalue weighted by molar-refractivity contribution is 5.92. The van der Waals surface area contributed by atoms with Crippen molar-refractivity contribution in [2.24, 2.45) is 5.92 Å². The molecule has 1 unspecified atom stereocenters. The van der Waals surface area contributed by atoms with Crippen LogP contribution >= 0.6 is 0 Å². The highest BCUT2D eigenvalue weighted by atomic mass is 16.5. The molecule has 7 nitrogen and oxygen atoms in total. The van der Waals surface area contributed by atoms with Crippen LogP contribution in [0.1, 0.15) is 66.8 Å². The summed E-state index contributed by atoms with van der Waals surface area (Å²) >= 11 is 0. The number of nitrogens with zero attached hydrogens (tertiary/aromatic N) is 2. The minimum atomic E-state index is -0.278. The number of benzene rings is 2. The van der Waals surface area contributed by atoms with Gasteiger partial charge in [-0.15, -0.1) is 0 Å². The lowest BCUT2D eigenvalue weighted by Crippen LogP contribution is -2.42. The van der Waals surface area contributed by atoms with Gasteiger partial charge in [-0.3, -0.25) is 9.59 Å². The summed E-state index contributed by atoms with van der Waals surface area (Å²) in [6.45, 7) is 8.42. The minimum Gasteiger partial charge on any atom is -0.484 e. The number of fused-ring (bicyclic) bond motifs is 1. The fraction of sp³-hybridized carbons (Fsp3) is 0.370. The molecule has 0 fully saturated rings. The molecule has 1 aromatic heterocycles.